The topological polar surface area (TPSA) is 29.1 Å². The molecule has 0 aromatic heterocycles. The Morgan fingerprint density at radius 3 is 2.63 bits per heavy atom. The Morgan fingerprint density at radius 1 is 1.47 bits per heavy atom. The Labute approximate surface area is 117 Å². The quantitative estimate of drug-likeness (QED) is 0.892. The van der Waals surface area contributed by atoms with Crippen molar-refractivity contribution in [2.45, 2.75) is 19.5 Å². The summed E-state index contributed by atoms with van der Waals surface area (Å²) in [6.07, 6.45) is -3.38. The van der Waals surface area contributed by atoms with Gasteiger partial charge in [0.15, 0.2) is 0 Å². The van der Waals surface area contributed by atoms with Crippen LogP contribution in [0.2, 0.25) is 0 Å². The molecule has 1 aromatic carbocycles. The molecule has 0 radical (unpaired) electrons. The van der Waals surface area contributed by atoms with Crippen LogP contribution in [0.25, 0.3) is 0 Å². The third-order valence-electron chi connectivity index (χ3n) is 3.34. The van der Waals surface area contributed by atoms with Crippen LogP contribution in [0.4, 0.5) is 13.2 Å². The first kappa shape index (κ1) is 14.4. The average Bonchev–Trinajstić information content (AvgIpc) is 3.01. The summed E-state index contributed by atoms with van der Waals surface area (Å²) < 4.78 is 38.1. The molecular formula is C13H13BrF3NO. The highest BCUT2D eigenvalue weighted by Crippen LogP contribution is 2.37. The summed E-state index contributed by atoms with van der Waals surface area (Å²) in [5.74, 6) is 0.566. The van der Waals surface area contributed by atoms with Crippen LogP contribution < -0.4 is 5.32 Å². The molecule has 2 atom stereocenters. The van der Waals surface area contributed by atoms with Crippen molar-refractivity contribution in [1.29, 1.82) is 0 Å². The van der Waals surface area contributed by atoms with E-state index in [2.05, 4.69) is 28.2 Å². The lowest BCUT2D eigenvalue weighted by Crippen LogP contribution is -2.26. The zero-order valence-corrected chi connectivity index (χ0v) is 11.8. The number of carbonyl (C=O) groups excluding carboxylic acids is 1. The van der Waals surface area contributed by atoms with Crippen molar-refractivity contribution >= 4 is 21.8 Å². The van der Waals surface area contributed by atoms with E-state index in [-0.39, 0.29) is 5.56 Å². The lowest BCUT2D eigenvalue weighted by Gasteiger charge is -2.11. The van der Waals surface area contributed by atoms with Crippen LogP contribution in [0.3, 0.4) is 0 Å². The van der Waals surface area contributed by atoms with Gasteiger partial charge in [-0.3, -0.25) is 4.79 Å². The van der Waals surface area contributed by atoms with E-state index in [1.165, 1.54) is 6.07 Å². The highest BCUT2D eigenvalue weighted by Gasteiger charge is 2.33. The summed E-state index contributed by atoms with van der Waals surface area (Å²) in [7, 11) is 0. The van der Waals surface area contributed by atoms with Crippen LogP contribution in [-0.4, -0.2) is 12.5 Å². The molecule has 1 N–H and O–H groups in total. The summed E-state index contributed by atoms with van der Waals surface area (Å²) in [5, 5.41) is 2.67. The molecule has 1 aliphatic carbocycles. The fraction of sp³-hybridized carbons (Fsp3) is 0.462. The van der Waals surface area contributed by atoms with E-state index in [1.54, 1.807) is 0 Å². The molecule has 2 rings (SSSR count). The van der Waals surface area contributed by atoms with Gasteiger partial charge < -0.3 is 5.32 Å². The van der Waals surface area contributed by atoms with Gasteiger partial charge in [0.2, 0.25) is 0 Å². The maximum atomic E-state index is 12.6. The second-order valence-corrected chi connectivity index (χ2v) is 5.73. The molecule has 104 valence electrons. The van der Waals surface area contributed by atoms with Crippen molar-refractivity contribution < 1.29 is 18.0 Å². The number of rotatable bonds is 3. The molecule has 19 heavy (non-hydrogen) atoms. The molecule has 1 saturated carbocycles. The SMILES string of the molecule is CC1CC1CNC(=O)c1cc(C(F)(F)F)ccc1Br. The third kappa shape index (κ3) is 3.49. The van der Waals surface area contributed by atoms with Crippen molar-refractivity contribution in [3.63, 3.8) is 0 Å². The van der Waals surface area contributed by atoms with E-state index in [4.69, 9.17) is 0 Å². The zero-order valence-electron chi connectivity index (χ0n) is 10.2. The number of carbonyl (C=O) groups is 1. The van der Waals surface area contributed by atoms with Gasteiger partial charge in [0.1, 0.15) is 0 Å². The average molecular weight is 336 g/mol. The van der Waals surface area contributed by atoms with Crippen LogP contribution in [0, 0.1) is 11.8 Å². The third-order valence-corrected chi connectivity index (χ3v) is 4.03. The summed E-state index contributed by atoms with van der Waals surface area (Å²) >= 11 is 3.10. The standard InChI is InChI=1S/C13H13BrF3NO/c1-7-4-8(7)6-18-12(19)10-5-9(13(15,16)17)2-3-11(10)14/h2-3,5,7-8H,4,6H2,1H3,(H,18,19). The van der Waals surface area contributed by atoms with Gasteiger partial charge >= 0.3 is 6.18 Å². The highest BCUT2D eigenvalue weighted by molar-refractivity contribution is 9.10. The van der Waals surface area contributed by atoms with Gasteiger partial charge in [0.05, 0.1) is 11.1 Å². The lowest BCUT2D eigenvalue weighted by atomic mass is 10.1. The van der Waals surface area contributed by atoms with Gasteiger partial charge in [-0.05, 0) is 52.4 Å². The van der Waals surface area contributed by atoms with Gasteiger partial charge in [-0.15, -0.1) is 0 Å². The predicted molar refractivity (Wildman–Crippen MR) is 68.7 cm³/mol. The monoisotopic (exact) mass is 335 g/mol. The number of alkyl halides is 3. The fourth-order valence-electron chi connectivity index (χ4n) is 1.88. The first-order valence-electron chi connectivity index (χ1n) is 5.94. The molecule has 1 amide bonds. The molecule has 6 heteroatoms. The molecule has 0 aliphatic heterocycles. The number of benzene rings is 1. The van der Waals surface area contributed by atoms with E-state index in [9.17, 15) is 18.0 Å². The van der Waals surface area contributed by atoms with Crippen LogP contribution >= 0.6 is 15.9 Å². The van der Waals surface area contributed by atoms with Crippen LogP contribution in [-0.2, 0) is 6.18 Å². The van der Waals surface area contributed by atoms with E-state index in [0.717, 1.165) is 18.6 Å². The number of amides is 1. The molecule has 0 spiro atoms. The lowest BCUT2D eigenvalue weighted by molar-refractivity contribution is -0.137. The maximum Gasteiger partial charge on any atom is 0.416 e. The van der Waals surface area contributed by atoms with E-state index < -0.39 is 17.6 Å². The van der Waals surface area contributed by atoms with E-state index in [1.807, 2.05) is 0 Å². The Balaban J connectivity index is 2.11. The van der Waals surface area contributed by atoms with Gasteiger partial charge in [-0.2, -0.15) is 13.2 Å². The number of halogens is 4. The van der Waals surface area contributed by atoms with Gasteiger partial charge in [-0.1, -0.05) is 6.92 Å². The van der Waals surface area contributed by atoms with Crippen LogP contribution in [0.1, 0.15) is 29.3 Å². The van der Waals surface area contributed by atoms with Crippen LogP contribution in [0.5, 0.6) is 0 Å². The summed E-state index contributed by atoms with van der Waals surface area (Å²) in [6, 6.07) is 3.07. The molecule has 2 unspecified atom stereocenters. The second-order valence-electron chi connectivity index (χ2n) is 4.88. The van der Waals surface area contributed by atoms with Crippen LogP contribution in [0.15, 0.2) is 22.7 Å². The number of hydrogen-bond donors (Lipinski definition) is 1. The maximum absolute atomic E-state index is 12.6. The molecule has 0 saturated heterocycles. The Kier molecular flexibility index (Phi) is 3.90. The molecule has 2 nitrogen and oxygen atoms in total. The van der Waals surface area contributed by atoms with Crippen molar-refractivity contribution in [1.82, 2.24) is 5.32 Å². The minimum atomic E-state index is -4.44. The largest absolute Gasteiger partial charge is 0.416 e. The van der Waals surface area contributed by atoms with Gasteiger partial charge in [-0.25, -0.2) is 0 Å². The van der Waals surface area contributed by atoms with E-state index >= 15 is 0 Å². The minimum Gasteiger partial charge on any atom is -0.352 e. The summed E-state index contributed by atoms with van der Waals surface area (Å²) in [6.45, 7) is 2.60. The Hall–Kier alpha value is -1.04. The van der Waals surface area contributed by atoms with E-state index in [0.29, 0.717) is 22.9 Å². The fourth-order valence-corrected chi connectivity index (χ4v) is 2.30. The van der Waals surface area contributed by atoms with Crippen molar-refractivity contribution in [3.05, 3.63) is 33.8 Å². The Morgan fingerprint density at radius 2 is 2.11 bits per heavy atom. The summed E-state index contributed by atoms with van der Waals surface area (Å²) in [5.41, 5.74) is -0.802. The molecule has 1 fully saturated rings. The minimum absolute atomic E-state index is 0.0168. The molecule has 0 bridgehead atoms. The first-order chi connectivity index (χ1) is 8.79. The number of nitrogens with one attached hydrogen (secondary N) is 1. The zero-order chi connectivity index (χ0) is 14.2. The Bertz CT molecular complexity index is 501. The highest BCUT2D eigenvalue weighted by atomic mass is 79.9. The van der Waals surface area contributed by atoms with Gasteiger partial charge in [0, 0.05) is 11.0 Å². The summed E-state index contributed by atoms with van der Waals surface area (Å²) in [4.78, 5) is 11.9. The predicted octanol–water partition coefficient (Wildman–Crippen LogP) is 3.85. The normalized spacial score (nSPS) is 22.2. The molecular weight excluding hydrogens is 323 g/mol. The smallest absolute Gasteiger partial charge is 0.352 e. The van der Waals surface area contributed by atoms with Crippen molar-refractivity contribution in [2.75, 3.05) is 6.54 Å². The second kappa shape index (κ2) is 5.15. The first-order valence-corrected chi connectivity index (χ1v) is 6.73. The number of hydrogen-bond acceptors (Lipinski definition) is 1. The van der Waals surface area contributed by atoms with Gasteiger partial charge in [0.25, 0.3) is 5.91 Å². The molecule has 1 aromatic rings. The molecule has 1 aliphatic rings. The van der Waals surface area contributed by atoms with Crippen molar-refractivity contribution in [3.8, 4) is 0 Å². The molecule has 0 heterocycles. The van der Waals surface area contributed by atoms with Crippen molar-refractivity contribution in [2.24, 2.45) is 11.8 Å².